The molecular weight excluding hydrogens is 184 g/mol. The van der Waals surface area contributed by atoms with E-state index in [2.05, 4.69) is 31.2 Å². The van der Waals surface area contributed by atoms with Gasteiger partial charge in [0, 0.05) is 12.3 Å². The highest BCUT2D eigenvalue weighted by molar-refractivity contribution is 5.81. The molecule has 0 amide bonds. The molecule has 0 radical (unpaired) electrons. The summed E-state index contributed by atoms with van der Waals surface area (Å²) < 4.78 is 0. The van der Waals surface area contributed by atoms with Crippen LogP contribution in [0.15, 0.2) is 24.3 Å². The van der Waals surface area contributed by atoms with Gasteiger partial charge in [0.05, 0.1) is 0 Å². The smallest absolute Gasteiger partial charge is 0.136 e. The third-order valence-corrected chi connectivity index (χ3v) is 3.41. The first-order chi connectivity index (χ1) is 7.27. The lowest BCUT2D eigenvalue weighted by Gasteiger charge is -2.21. The van der Waals surface area contributed by atoms with Gasteiger partial charge in [0.25, 0.3) is 0 Å². The van der Waals surface area contributed by atoms with E-state index in [-0.39, 0.29) is 0 Å². The minimum absolute atomic E-state index is 0.292. The SMILES string of the molecule is Cc1ccccc1C[C@H]1CCCCC1=O. The van der Waals surface area contributed by atoms with Crippen LogP contribution in [0.5, 0.6) is 0 Å². The Morgan fingerprint density at radius 1 is 1.27 bits per heavy atom. The molecule has 0 aliphatic heterocycles. The lowest BCUT2D eigenvalue weighted by molar-refractivity contribution is -0.124. The Morgan fingerprint density at radius 3 is 2.80 bits per heavy atom. The van der Waals surface area contributed by atoms with E-state index in [0.717, 1.165) is 25.7 Å². The van der Waals surface area contributed by atoms with Crippen LogP contribution in [-0.2, 0) is 11.2 Å². The first-order valence-corrected chi connectivity index (χ1v) is 5.84. The van der Waals surface area contributed by atoms with Gasteiger partial charge in [-0.3, -0.25) is 4.79 Å². The highest BCUT2D eigenvalue weighted by atomic mass is 16.1. The van der Waals surface area contributed by atoms with Crippen LogP contribution in [0.3, 0.4) is 0 Å². The number of hydrogen-bond acceptors (Lipinski definition) is 1. The highest BCUT2D eigenvalue weighted by Gasteiger charge is 2.22. The second-order valence-corrected chi connectivity index (χ2v) is 4.54. The summed E-state index contributed by atoms with van der Waals surface area (Å²) in [5, 5.41) is 0. The van der Waals surface area contributed by atoms with Crippen LogP contribution in [0.1, 0.15) is 36.8 Å². The first-order valence-electron chi connectivity index (χ1n) is 5.84. The van der Waals surface area contributed by atoms with Crippen molar-refractivity contribution >= 4 is 5.78 Å². The van der Waals surface area contributed by atoms with E-state index in [0.29, 0.717) is 11.7 Å². The summed E-state index contributed by atoms with van der Waals surface area (Å²) in [6.07, 6.45) is 5.17. The predicted molar refractivity (Wildman–Crippen MR) is 61.8 cm³/mol. The maximum atomic E-state index is 11.7. The van der Waals surface area contributed by atoms with Gasteiger partial charge in [0.2, 0.25) is 0 Å². The molecule has 1 fully saturated rings. The fourth-order valence-electron chi connectivity index (χ4n) is 2.38. The minimum Gasteiger partial charge on any atom is -0.299 e. The molecule has 0 spiro atoms. The Morgan fingerprint density at radius 2 is 2.07 bits per heavy atom. The molecule has 1 atom stereocenters. The number of benzene rings is 1. The van der Waals surface area contributed by atoms with E-state index in [4.69, 9.17) is 0 Å². The molecule has 1 aromatic rings. The Hall–Kier alpha value is -1.11. The fourth-order valence-corrected chi connectivity index (χ4v) is 2.38. The van der Waals surface area contributed by atoms with Crippen LogP contribution in [0.4, 0.5) is 0 Å². The highest BCUT2D eigenvalue weighted by Crippen LogP contribution is 2.25. The third kappa shape index (κ3) is 2.47. The van der Waals surface area contributed by atoms with Gasteiger partial charge >= 0.3 is 0 Å². The van der Waals surface area contributed by atoms with Gasteiger partial charge in [-0.2, -0.15) is 0 Å². The van der Waals surface area contributed by atoms with Crippen molar-refractivity contribution in [2.45, 2.75) is 39.0 Å². The molecular formula is C14H18O. The standard InChI is InChI=1S/C14H18O/c1-11-6-2-3-7-12(11)10-13-8-4-5-9-14(13)15/h2-3,6-7,13H,4-5,8-10H2,1H3/t13-/m1/s1. The zero-order valence-electron chi connectivity index (χ0n) is 9.33. The second-order valence-electron chi connectivity index (χ2n) is 4.54. The third-order valence-electron chi connectivity index (χ3n) is 3.41. The average molecular weight is 202 g/mol. The molecule has 0 unspecified atom stereocenters. The van der Waals surface area contributed by atoms with Crippen LogP contribution in [0, 0.1) is 12.8 Å². The van der Waals surface area contributed by atoms with Gasteiger partial charge in [0.15, 0.2) is 0 Å². The Bertz CT molecular complexity index is 354. The number of aryl methyl sites for hydroxylation is 1. The lowest BCUT2D eigenvalue weighted by atomic mass is 9.83. The average Bonchev–Trinajstić information content (AvgIpc) is 2.24. The van der Waals surface area contributed by atoms with Gasteiger partial charge in [-0.05, 0) is 37.3 Å². The first kappa shape index (κ1) is 10.4. The second kappa shape index (κ2) is 4.61. The predicted octanol–water partition coefficient (Wildman–Crippen LogP) is 3.30. The summed E-state index contributed by atoms with van der Waals surface area (Å²) in [4.78, 5) is 11.7. The molecule has 1 saturated carbocycles. The number of carbonyl (C=O) groups is 1. The Balaban J connectivity index is 2.08. The summed E-state index contributed by atoms with van der Waals surface area (Å²) in [5.41, 5.74) is 2.66. The topological polar surface area (TPSA) is 17.1 Å². The number of carbonyl (C=O) groups excluding carboxylic acids is 1. The van der Waals surface area contributed by atoms with E-state index in [1.807, 2.05) is 0 Å². The normalized spacial score (nSPS) is 21.7. The van der Waals surface area contributed by atoms with Crippen molar-refractivity contribution in [1.29, 1.82) is 0 Å². The van der Waals surface area contributed by atoms with Crippen LogP contribution in [0.2, 0.25) is 0 Å². The maximum absolute atomic E-state index is 11.7. The van der Waals surface area contributed by atoms with E-state index >= 15 is 0 Å². The van der Waals surface area contributed by atoms with E-state index in [1.165, 1.54) is 17.5 Å². The summed E-state index contributed by atoms with van der Waals surface area (Å²) in [6, 6.07) is 8.40. The molecule has 0 aromatic heterocycles. The Labute approximate surface area is 91.5 Å². The van der Waals surface area contributed by atoms with Crippen LogP contribution >= 0.6 is 0 Å². The molecule has 0 heterocycles. The van der Waals surface area contributed by atoms with Crippen molar-refractivity contribution < 1.29 is 4.79 Å². The zero-order valence-corrected chi connectivity index (χ0v) is 9.33. The van der Waals surface area contributed by atoms with Crippen molar-refractivity contribution in [2.24, 2.45) is 5.92 Å². The van der Waals surface area contributed by atoms with Crippen LogP contribution in [-0.4, -0.2) is 5.78 Å². The molecule has 15 heavy (non-hydrogen) atoms. The van der Waals surface area contributed by atoms with Crippen molar-refractivity contribution in [3.63, 3.8) is 0 Å². The van der Waals surface area contributed by atoms with Crippen molar-refractivity contribution in [2.75, 3.05) is 0 Å². The van der Waals surface area contributed by atoms with Crippen molar-refractivity contribution in [1.82, 2.24) is 0 Å². The number of hydrogen-bond donors (Lipinski definition) is 0. The molecule has 0 bridgehead atoms. The van der Waals surface area contributed by atoms with E-state index in [1.54, 1.807) is 0 Å². The Kier molecular flexibility index (Phi) is 3.20. The molecule has 1 nitrogen and oxygen atoms in total. The van der Waals surface area contributed by atoms with Gasteiger partial charge in [-0.25, -0.2) is 0 Å². The van der Waals surface area contributed by atoms with Crippen molar-refractivity contribution in [3.8, 4) is 0 Å². The van der Waals surface area contributed by atoms with Crippen molar-refractivity contribution in [3.05, 3.63) is 35.4 Å². The molecule has 1 aliphatic rings. The molecule has 80 valence electrons. The van der Waals surface area contributed by atoms with E-state index < -0.39 is 0 Å². The molecule has 1 heteroatoms. The summed E-state index contributed by atoms with van der Waals surface area (Å²) >= 11 is 0. The van der Waals surface area contributed by atoms with Gasteiger partial charge in [-0.15, -0.1) is 0 Å². The lowest BCUT2D eigenvalue weighted by Crippen LogP contribution is -2.21. The number of Topliss-reactive ketones (excluding diaryl/α,β-unsaturated/α-hetero) is 1. The van der Waals surface area contributed by atoms with Gasteiger partial charge in [-0.1, -0.05) is 30.7 Å². The molecule has 1 aromatic carbocycles. The van der Waals surface area contributed by atoms with Gasteiger partial charge in [0.1, 0.15) is 5.78 Å². The summed E-state index contributed by atoms with van der Waals surface area (Å²) in [7, 11) is 0. The molecule has 1 aliphatic carbocycles. The van der Waals surface area contributed by atoms with E-state index in [9.17, 15) is 4.79 Å². The zero-order chi connectivity index (χ0) is 10.7. The number of ketones is 1. The fraction of sp³-hybridized carbons (Fsp3) is 0.500. The number of rotatable bonds is 2. The van der Waals surface area contributed by atoms with Gasteiger partial charge < -0.3 is 0 Å². The molecule has 2 rings (SSSR count). The molecule has 0 N–H and O–H groups in total. The maximum Gasteiger partial charge on any atom is 0.136 e. The quantitative estimate of drug-likeness (QED) is 0.719. The van der Waals surface area contributed by atoms with Crippen LogP contribution < -0.4 is 0 Å². The van der Waals surface area contributed by atoms with Crippen LogP contribution in [0.25, 0.3) is 0 Å². The summed E-state index contributed by atoms with van der Waals surface area (Å²) in [6.45, 7) is 2.13. The summed E-state index contributed by atoms with van der Waals surface area (Å²) in [5.74, 6) is 0.768. The molecule has 0 saturated heterocycles. The largest absolute Gasteiger partial charge is 0.299 e. The minimum atomic E-state index is 0.292. The monoisotopic (exact) mass is 202 g/mol.